The molecule has 1 aliphatic rings. The molecular formula is C12H25N. The molecule has 1 saturated carbocycles. The standard InChI is InChI=1S/C12H25N/c1-3-4-5-11-6-8-12(9-7-11)10-13-2/h11-13H,3-10H2,1-2H3/t11-,12-. The van der Waals surface area contributed by atoms with E-state index in [2.05, 4.69) is 19.3 Å². The van der Waals surface area contributed by atoms with Gasteiger partial charge in [0.25, 0.3) is 0 Å². The van der Waals surface area contributed by atoms with Crippen molar-refractivity contribution in [2.75, 3.05) is 13.6 Å². The number of nitrogens with one attached hydrogen (secondary N) is 1. The van der Waals surface area contributed by atoms with Crippen molar-refractivity contribution in [1.82, 2.24) is 5.32 Å². The van der Waals surface area contributed by atoms with Crippen molar-refractivity contribution in [3.63, 3.8) is 0 Å². The molecule has 13 heavy (non-hydrogen) atoms. The first kappa shape index (κ1) is 11.0. The second kappa shape index (κ2) is 6.42. The van der Waals surface area contributed by atoms with Crippen LogP contribution in [0, 0.1) is 11.8 Å². The summed E-state index contributed by atoms with van der Waals surface area (Å²) in [6.07, 6.45) is 10.2. The van der Waals surface area contributed by atoms with Crippen LogP contribution in [-0.2, 0) is 0 Å². The summed E-state index contributed by atoms with van der Waals surface area (Å²) < 4.78 is 0. The van der Waals surface area contributed by atoms with E-state index in [1.54, 1.807) is 0 Å². The summed E-state index contributed by atoms with van der Waals surface area (Å²) in [5, 5.41) is 3.30. The van der Waals surface area contributed by atoms with Gasteiger partial charge in [0.2, 0.25) is 0 Å². The lowest BCUT2D eigenvalue weighted by Gasteiger charge is -2.28. The van der Waals surface area contributed by atoms with E-state index in [0.717, 1.165) is 11.8 Å². The molecule has 0 bridgehead atoms. The van der Waals surface area contributed by atoms with Crippen molar-refractivity contribution in [2.45, 2.75) is 51.9 Å². The van der Waals surface area contributed by atoms with Crippen LogP contribution in [0.4, 0.5) is 0 Å². The molecule has 1 N–H and O–H groups in total. The first-order valence-corrected chi connectivity index (χ1v) is 6.01. The van der Waals surface area contributed by atoms with Gasteiger partial charge in [-0.2, -0.15) is 0 Å². The predicted molar refractivity (Wildman–Crippen MR) is 58.9 cm³/mol. The van der Waals surface area contributed by atoms with Gasteiger partial charge in [0.15, 0.2) is 0 Å². The third-order valence-electron chi connectivity index (χ3n) is 3.43. The minimum Gasteiger partial charge on any atom is -0.319 e. The van der Waals surface area contributed by atoms with Gasteiger partial charge in [-0.3, -0.25) is 0 Å². The lowest BCUT2D eigenvalue weighted by molar-refractivity contribution is 0.257. The van der Waals surface area contributed by atoms with Crippen LogP contribution in [0.15, 0.2) is 0 Å². The molecule has 0 aromatic carbocycles. The summed E-state index contributed by atoms with van der Waals surface area (Å²) in [4.78, 5) is 0. The summed E-state index contributed by atoms with van der Waals surface area (Å²) in [7, 11) is 2.07. The molecule has 1 rings (SSSR count). The van der Waals surface area contributed by atoms with E-state index in [-0.39, 0.29) is 0 Å². The fraction of sp³-hybridized carbons (Fsp3) is 1.00. The van der Waals surface area contributed by atoms with Crippen LogP contribution in [0.5, 0.6) is 0 Å². The van der Waals surface area contributed by atoms with Crippen molar-refractivity contribution < 1.29 is 0 Å². The molecule has 1 fully saturated rings. The van der Waals surface area contributed by atoms with Gasteiger partial charge in [-0.1, -0.05) is 39.0 Å². The summed E-state index contributed by atoms with van der Waals surface area (Å²) in [5.41, 5.74) is 0. The highest BCUT2D eigenvalue weighted by Gasteiger charge is 2.19. The van der Waals surface area contributed by atoms with Gasteiger partial charge in [-0.25, -0.2) is 0 Å². The van der Waals surface area contributed by atoms with E-state index in [9.17, 15) is 0 Å². The lowest BCUT2D eigenvalue weighted by Crippen LogP contribution is -2.23. The zero-order valence-electron chi connectivity index (χ0n) is 9.31. The van der Waals surface area contributed by atoms with Crippen LogP contribution >= 0.6 is 0 Å². The summed E-state index contributed by atoms with van der Waals surface area (Å²) in [6, 6.07) is 0. The topological polar surface area (TPSA) is 12.0 Å². The largest absolute Gasteiger partial charge is 0.319 e. The average Bonchev–Trinajstić information content (AvgIpc) is 2.17. The van der Waals surface area contributed by atoms with Gasteiger partial charge in [0.1, 0.15) is 0 Å². The van der Waals surface area contributed by atoms with E-state index in [4.69, 9.17) is 0 Å². The third kappa shape index (κ3) is 4.12. The van der Waals surface area contributed by atoms with E-state index in [1.165, 1.54) is 51.5 Å². The molecule has 0 radical (unpaired) electrons. The fourth-order valence-corrected chi connectivity index (χ4v) is 2.51. The van der Waals surface area contributed by atoms with Crippen LogP contribution in [0.2, 0.25) is 0 Å². The van der Waals surface area contributed by atoms with Crippen LogP contribution in [0.3, 0.4) is 0 Å². The Kier molecular flexibility index (Phi) is 5.45. The van der Waals surface area contributed by atoms with Crippen LogP contribution < -0.4 is 5.32 Å². The minimum atomic E-state index is 0.975. The molecule has 0 unspecified atom stereocenters. The summed E-state index contributed by atoms with van der Waals surface area (Å²) in [5.74, 6) is 2.04. The minimum absolute atomic E-state index is 0.975. The SMILES string of the molecule is CCCC[C@H]1CC[C@H](CNC)CC1. The van der Waals surface area contributed by atoms with E-state index in [1.807, 2.05) is 0 Å². The number of hydrogen-bond acceptors (Lipinski definition) is 1. The Morgan fingerprint density at radius 1 is 1.08 bits per heavy atom. The van der Waals surface area contributed by atoms with Gasteiger partial charge < -0.3 is 5.32 Å². The van der Waals surface area contributed by atoms with Gasteiger partial charge in [-0.05, 0) is 38.3 Å². The molecule has 1 nitrogen and oxygen atoms in total. The molecule has 1 aliphatic carbocycles. The maximum Gasteiger partial charge on any atom is -0.00235 e. The fourth-order valence-electron chi connectivity index (χ4n) is 2.51. The van der Waals surface area contributed by atoms with Gasteiger partial charge in [0.05, 0.1) is 0 Å². The quantitative estimate of drug-likeness (QED) is 0.690. The van der Waals surface area contributed by atoms with E-state index in [0.29, 0.717) is 0 Å². The maximum absolute atomic E-state index is 3.30. The van der Waals surface area contributed by atoms with E-state index < -0.39 is 0 Å². The molecule has 0 aromatic heterocycles. The first-order valence-electron chi connectivity index (χ1n) is 6.01. The van der Waals surface area contributed by atoms with Crippen molar-refractivity contribution in [1.29, 1.82) is 0 Å². The summed E-state index contributed by atoms with van der Waals surface area (Å²) >= 11 is 0. The third-order valence-corrected chi connectivity index (χ3v) is 3.43. The Morgan fingerprint density at radius 2 is 1.69 bits per heavy atom. The highest BCUT2D eigenvalue weighted by atomic mass is 14.8. The number of hydrogen-bond donors (Lipinski definition) is 1. The Bertz CT molecular complexity index is 114. The smallest absolute Gasteiger partial charge is 0.00235 e. The monoisotopic (exact) mass is 183 g/mol. The van der Waals surface area contributed by atoms with Gasteiger partial charge in [0, 0.05) is 0 Å². The van der Waals surface area contributed by atoms with Crippen molar-refractivity contribution >= 4 is 0 Å². The maximum atomic E-state index is 3.30. The predicted octanol–water partition coefficient (Wildman–Crippen LogP) is 3.20. The molecule has 0 atom stereocenters. The van der Waals surface area contributed by atoms with Crippen LogP contribution in [0.1, 0.15) is 51.9 Å². The van der Waals surface area contributed by atoms with Crippen LogP contribution in [-0.4, -0.2) is 13.6 Å². The zero-order valence-corrected chi connectivity index (χ0v) is 9.31. The Morgan fingerprint density at radius 3 is 2.23 bits per heavy atom. The molecular weight excluding hydrogens is 158 g/mol. The Balaban J connectivity index is 2.08. The molecule has 0 aliphatic heterocycles. The second-order valence-corrected chi connectivity index (χ2v) is 4.59. The highest BCUT2D eigenvalue weighted by molar-refractivity contribution is 4.73. The molecule has 78 valence electrons. The van der Waals surface area contributed by atoms with Gasteiger partial charge >= 0.3 is 0 Å². The van der Waals surface area contributed by atoms with Gasteiger partial charge in [-0.15, -0.1) is 0 Å². The number of rotatable bonds is 5. The first-order chi connectivity index (χ1) is 6.36. The lowest BCUT2D eigenvalue weighted by atomic mass is 9.80. The second-order valence-electron chi connectivity index (χ2n) is 4.59. The van der Waals surface area contributed by atoms with Crippen molar-refractivity contribution in [3.8, 4) is 0 Å². The molecule has 0 saturated heterocycles. The molecule has 1 heteroatoms. The zero-order chi connectivity index (χ0) is 9.52. The molecule has 0 spiro atoms. The average molecular weight is 183 g/mol. The molecule has 0 heterocycles. The Labute approximate surface area is 83.3 Å². The van der Waals surface area contributed by atoms with Crippen molar-refractivity contribution in [2.24, 2.45) is 11.8 Å². The van der Waals surface area contributed by atoms with Crippen molar-refractivity contribution in [3.05, 3.63) is 0 Å². The molecule has 0 amide bonds. The Hall–Kier alpha value is -0.0400. The van der Waals surface area contributed by atoms with Crippen LogP contribution in [0.25, 0.3) is 0 Å². The highest BCUT2D eigenvalue weighted by Crippen LogP contribution is 2.31. The normalized spacial score (nSPS) is 29.1. The van der Waals surface area contributed by atoms with E-state index >= 15 is 0 Å². The summed E-state index contributed by atoms with van der Waals surface area (Å²) in [6.45, 7) is 3.53. The molecule has 0 aromatic rings. The number of unbranched alkanes of at least 4 members (excludes halogenated alkanes) is 1.